The van der Waals surface area contributed by atoms with E-state index in [0.717, 1.165) is 15.7 Å². The van der Waals surface area contributed by atoms with E-state index in [1.165, 1.54) is 18.7 Å². The van der Waals surface area contributed by atoms with Crippen molar-refractivity contribution in [3.05, 3.63) is 52.5 Å². The number of benzene rings is 1. The van der Waals surface area contributed by atoms with Crippen molar-refractivity contribution in [1.82, 2.24) is 9.97 Å². The number of hydrogen-bond donors (Lipinski definition) is 1. The molecule has 0 spiro atoms. The van der Waals surface area contributed by atoms with Gasteiger partial charge in [0.2, 0.25) is 0 Å². The summed E-state index contributed by atoms with van der Waals surface area (Å²) in [6.07, 6.45) is 4.36. The van der Waals surface area contributed by atoms with Crippen LogP contribution in [-0.4, -0.2) is 15.9 Å². The molecule has 2 rings (SSSR count). The Bertz CT molecular complexity index is 543. The number of nitrogens with zero attached hydrogens (tertiary/aromatic N) is 2. The van der Waals surface area contributed by atoms with E-state index in [0.29, 0.717) is 5.56 Å². The Balaban J connectivity index is 2.19. The Morgan fingerprint density at radius 2 is 2.00 bits per heavy atom. The average molecular weight is 292 g/mol. The summed E-state index contributed by atoms with van der Waals surface area (Å²) in [5.74, 6) is -0.212. The van der Waals surface area contributed by atoms with E-state index in [1.54, 1.807) is 0 Å². The Kier molecular flexibility index (Phi) is 3.49. The third-order valence-electron chi connectivity index (χ3n) is 2.26. The molecule has 0 aliphatic heterocycles. The van der Waals surface area contributed by atoms with E-state index >= 15 is 0 Å². The van der Waals surface area contributed by atoms with Crippen LogP contribution in [0.15, 0.2) is 41.4 Å². The van der Waals surface area contributed by atoms with Gasteiger partial charge in [0.25, 0.3) is 5.91 Å². The predicted molar refractivity (Wildman–Crippen MR) is 68.9 cm³/mol. The summed E-state index contributed by atoms with van der Waals surface area (Å²) in [7, 11) is 0. The van der Waals surface area contributed by atoms with Crippen LogP contribution in [0.1, 0.15) is 15.9 Å². The zero-order chi connectivity index (χ0) is 12.3. The van der Waals surface area contributed by atoms with Gasteiger partial charge in [-0.05, 0) is 30.7 Å². The third kappa shape index (κ3) is 2.88. The van der Waals surface area contributed by atoms with Crippen LogP contribution in [0.25, 0.3) is 0 Å². The van der Waals surface area contributed by atoms with E-state index < -0.39 is 0 Å². The molecule has 17 heavy (non-hydrogen) atoms. The first kappa shape index (κ1) is 11.7. The SMILES string of the molecule is Cc1cc(Br)ccc1NC(=O)c1cncnc1. The molecule has 0 bridgehead atoms. The minimum absolute atomic E-state index is 0.212. The lowest BCUT2D eigenvalue weighted by Crippen LogP contribution is -2.13. The number of aromatic nitrogens is 2. The van der Waals surface area contributed by atoms with Crippen molar-refractivity contribution in [3.63, 3.8) is 0 Å². The number of rotatable bonds is 2. The summed E-state index contributed by atoms with van der Waals surface area (Å²) in [5.41, 5.74) is 2.21. The van der Waals surface area contributed by atoms with E-state index in [1.807, 2.05) is 25.1 Å². The number of carbonyl (C=O) groups is 1. The van der Waals surface area contributed by atoms with Gasteiger partial charge in [0.05, 0.1) is 5.56 Å². The zero-order valence-electron chi connectivity index (χ0n) is 9.14. The van der Waals surface area contributed by atoms with Gasteiger partial charge in [0.1, 0.15) is 6.33 Å². The van der Waals surface area contributed by atoms with Gasteiger partial charge in [-0.1, -0.05) is 15.9 Å². The lowest BCUT2D eigenvalue weighted by molar-refractivity contribution is 0.102. The molecule has 0 fully saturated rings. The lowest BCUT2D eigenvalue weighted by Gasteiger charge is -2.08. The molecular weight excluding hydrogens is 282 g/mol. The normalized spacial score (nSPS) is 10.0. The summed E-state index contributed by atoms with van der Waals surface area (Å²) in [6.45, 7) is 1.93. The van der Waals surface area contributed by atoms with Crippen LogP contribution in [0.5, 0.6) is 0 Å². The summed E-state index contributed by atoms with van der Waals surface area (Å²) >= 11 is 3.37. The van der Waals surface area contributed by atoms with Gasteiger partial charge in [-0.15, -0.1) is 0 Å². The van der Waals surface area contributed by atoms with E-state index in [4.69, 9.17) is 0 Å². The largest absolute Gasteiger partial charge is 0.322 e. The van der Waals surface area contributed by atoms with Gasteiger partial charge >= 0.3 is 0 Å². The molecule has 0 saturated heterocycles. The fourth-order valence-corrected chi connectivity index (χ4v) is 1.85. The molecule has 1 N–H and O–H groups in total. The first-order chi connectivity index (χ1) is 8.16. The highest BCUT2D eigenvalue weighted by atomic mass is 79.9. The van der Waals surface area contributed by atoms with Crippen molar-refractivity contribution in [2.24, 2.45) is 0 Å². The van der Waals surface area contributed by atoms with Crippen LogP contribution >= 0.6 is 15.9 Å². The molecule has 0 aliphatic rings. The number of carbonyl (C=O) groups excluding carboxylic acids is 1. The second-order valence-corrected chi connectivity index (χ2v) is 4.46. The first-order valence-electron chi connectivity index (χ1n) is 4.99. The molecule has 2 aromatic rings. The molecule has 1 aromatic carbocycles. The van der Waals surface area contributed by atoms with Crippen molar-refractivity contribution in [3.8, 4) is 0 Å². The fourth-order valence-electron chi connectivity index (χ4n) is 1.38. The summed E-state index contributed by atoms with van der Waals surface area (Å²) in [5, 5.41) is 2.81. The molecule has 0 unspecified atom stereocenters. The minimum atomic E-state index is -0.212. The molecule has 0 saturated carbocycles. The Hall–Kier alpha value is -1.75. The monoisotopic (exact) mass is 291 g/mol. The number of nitrogens with one attached hydrogen (secondary N) is 1. The predicted octanol–water partition coefficient (Wildman–Crippen LogP) is 2.80. The smallest absolute Gasteiger partial charge is 0.258 e. The maximum atomic E-state index is 11.8. The van der Waals surface area contributed by atoms with Crippen molar-refractivity contribution < 1.29 is 4.79 Å². The van der Waals surface area contributed by atoms with Crippen molar-refractivity contribution in [2.45, 2.75) is 6.92 Å². The van der Waals surface area contributed by atoms with Crippen LogP contribution in [-0.2, 0) is 0 Å². The molecule has 0 aliphatic carbocycles. The van der Waals surface area contributed by atoms with E-state index in [-0.39, 0.29) is 5.91 Å². The number of amides is 1. The highest BCUT2D eigenvalue weighted by Crippen LogP contribution is 2.20. The highest BCUT2D eigenvalue weighted by Gasteiger charge is 2.07. The van der Waals surface area contributed by atoms with Crippen molar-refractivity contribution in [2.75, 3.05) is 5.32 Å². The number of halogens is 1. The standard InChI is InChI=1S/C12H10BrN3O/c1-8-4-10(13)2-3-11(8)16-12(17)9-5-14-7-15-6-9/h2-7H,1H3,(H,16,17). The summed E-state index contributed by atoms with van der Waals surface area (Å²) < 4.78 is 0.982. The maximum Gasteiger partial charge on any atom is 0.258 e. The first-order valence-corrected chi connectivity index (χ1v) is 5.78. The molecule has 4 nitrogen and oxygen atoms in total. The second-order valence-electron chi connectivity index (χ2n) is 3.54. The molecule has 1 heterocycles. The maximum absolute atomic E-state index is 11.8. The Labute approximate surface area is 107 Å². The Morgan fingerprint density at radius 1 is 1.29 bits per heavy atom. The molecule has 0 atom stereocenters. The van der Waals surface area contributed by atoms with Crippen molar-refractivity contribution >= 4 is 27.5 Å². The number of aryl methyl sites for hydroxylation is 1. The van der Waals surface area contributed by atoms with Gasteiger partial charge in [0, 0.05) is 22.6 Å². The van der Waals surface area contributed by atoms with Gasteiger partial charge in [-0.3, -0.25) is 4.79 Å². The van der Waals surface area contributed by atoms with E-state index in [9.17, 15) is 4.79 Å². The highest BCUT2D eigenvalue weighted by molar-refractivity contribution is 9.10. The van der Waals surface area contributed by atoms with Gasteiger partial charge < -0.3 is 5.32 Å². The minimum Gasteiger partial charge on any atom is -0.322 e. The van der Waals surface area contributed by atoms with Gasteiger partial charge in [-0.25, -0.2) is 9.97 Å². The van der Waals surface area contributed by atoms with Crippen molar-refractivity contribution in [1.29, 1.82) is 0 Å². The lowest BCUT2D eigenvalue weighted by atomic mass is 10.2. The number of hydrogen-bond acceptors (Lipinski definition) is 3. The summed E-state index contributed by atoms with van der Waals surface area (Å²) in [4.78, 5) is 19.5. The van der Waals surface area contributed by atoms with Gasteiger partial charge in [-0.2, -0.15) is 0 Å². The summed E-state index contributed by atoms with van der Waals surface area (Å²) in [6, 6.07) is 5.67. The van der Waals surface area contributed by atoms with Crippen LogP contribution in [0, 0.1) is 6.92 Å². The fraction of sp³-hybridized carbons (Fsp3) is 0.0833. The average Bonchev–Trinajstić information content (AvgIpc) is 2.34. The molecule has 86 valence electrons. The number of anilines is 1. The van der Waals surface area contributed by atoms with Crippen LogP contribution in [0.2, 0.25) is 0 Å². The van der Waals surface area contributed by atoms with E-state index in [2.05, 4.69) is 31.2 Å². The second kappa shape index (κ2) is 5.05. The quantitative estimate of drug-likeness (QED) is 0.926. The zero-order valence-corrected chi connectivity index (χ0v) is 10.7. The molecular formula is C12H10BrN3O. The molecule has 0 radical (unpaired) electrons. The molecule has 5 heteroatoms. The third-order valence-corrected chi connectivity index (χ3v) is 2.75. The topological polar surface area (TPSA) is 54.9 Å². The van der Waals surface area contributed by atoms with Crippen LogP contribution in [0.4, 0.5) is 5.69 Å². The Morgan fingerprint density at radius 3 is 2.65 bits per heavy atom. The molecule has 1 aromatic heterocycles. The van der Waals surface area contributed by atoms with Crippen LogP contribution < -0.4 is 5.32 Å². The van der Waals surface area contributed by atoms with Gasteiger partial charge in [0.15, 0.2) is 0 Å². The van der Waals surface area contributed by atoms with Crippen LogP contribution in [0.3, 0.4) is 0 Å². The molecule has 1 amide bonds.